The topological polar surface area (TPSA) is 46.2 Å². The number of benzene rings is 1. The predicted octanol–water partition coefficient (Wildman–Crippen LogP) is 4.66. The van der Waals surface area contributed by atoms with Gasteiger partial charge in [0.1, 0.15) is 0 Å². The third-order valence-electron chi connectivity index (χ3n) is 4.60. The van der Waals surface area contributed by atoms with Gasteiger partial charge in [0, 0.05) is 6.04 Å². The van der Waals surface area contributed by atoms with Crippen molar-refractivity contribution in [1.29, 1.82) is 0 Å². The Morgan fingerprint density at radius 1 is 1.12 bits per heavy atom. The van der Waals surface area contributed by atoms with Gasteiger partial charge in [-0.3, -0.25) is 0 Å². The van der Waals surface area contributed by atoms with E-state index in [9.17, 15) is 8.42 Å². The van der Waals surface area contributed by atoms with Crippen molar-refractivity contribution in [3.8, 4) is 0 Å². The van der Waals surface area contributed by atoms with Crippen LogP contribution in [0.2, 0.25) is 19.6 Å². The number of allylic oxidation sites excluding steroid dienone is 1. The lowest BCUT2D eigenvalue weighted by atomic mass is 9.83. The van der Waals surface area contributed by atoms with Gasteiger partial charge in [0.05, 0.1) is 13.0 Å². The Morgan fingerprint density at radius 2 is 1.75 bits per heavy atom. The summed E-state index contributed by atoms with van der Waals surface area (Å²) in [5, 5.41) is 0. The van der Waals surface area contributed by atoms with Crippen LogP contribution in [-0.2, 0) is 10.0 Å². The summed E-state index contributed by atoms with van der Waals surface area (Å²) in [4.78, 5) is 0.370. The van der Waals surface area contributed by atoms with Gasteiger partial charge in [-0.1, -0.05) is 62.0 Å². The van der Waals surface area contributed by atoms with Gasteiger partial charge in [-0.25, -0.2) is 13.1 Å². The van der Waals surface area contributed by atoms with Crippen molar-refractivity contribution in [2.24, 2.45) is 5.92 Å². The Labute approximate surface area is 148 Å². The van der Waals surface area contributed by atoms with Crippen molar-refractivity contribution in [2.45, 2.75) is 69.6 Å². The Morgan fingerprint density at radius 3 is 2.38 bits per heavy atom. The van der Waals surface area contributed by atoms with Gasteiger partial charge >= 0.3 is 0 Å². The van der Waals surface area contributed by atoms with Crippen LogP contribution in [0, 0.1) is 12.8 Å². The second-order valence-electron chi connectivity index (χ2n) is 8.09. The Hall–Kier alpha value is -0.913. The molecular formula is C19H31NO2SSi. The zero-order valence-corrected chi connectivity index (χ0v) is 17.2. The molecule has 24 heavy (non-hydrogen) atoms. The zero-order chi connectivity index (χ0) is 17.8. The van der Waals surface area contributed by atoms with Gasteiger partial charge in [0.25, 0.3) is 0 Å². The van der Waals surface area contributed by atoms with Gasteiger partial charge in [0.15, 0.2) is 0 Å². The number of aryl methyl sites for hydroxylation is 1. The molecule has 0 aliphatic heterocycles. The summed E-state index contributed by atoms with van der Waals surface area (Å²) in [7, 11) is -4.62. The summed E-state index contributed by atoms with van der Waals surface area (Å²) in [5.74, 6) is 0.409. The molecule has 5 heteroatoms. The van der Waals surface area contributed by atoms with E-state index in [0.717, 1.165) is 31.2 Å². The number of hydrogen-bond acceptors (Lipinski definition) is 2. The van der Waals surface area contributed by atoms with Gasteiger partial charge in [-0.05, 0) is 44.2 Å². The fourth-order valence-corrected chi connectivity index (χ4v) is 5.41. The highest BCUT2D eigenvalue weighted by Crippen LogP contribution is 2.29. The molecule has 0 radical (unpaired) electrons. The Bertz CT molecular complexity index is 660. The molecule has 1 saturated carbocycles. The lowest BCUT2D eigenvalue weighted by Crippen LogP contribution is -2.41. The minimum atomic E-state index is -3.43. The predicted molar refractivity (Wildman–Crippen MR) is 104 cm³/mol. The van der Waals surface area contributed by atoms with E-state index in [2.05, 4.69) is 36.1 Å². The van der Waals surface area contributed by atoms with Crippen molar-refractivity contribution >= 4 is 18.1 Å². The molecule has 134 valence electrons. The molecule has 1 N–H and O–H groups in total. The number of rotatable bonds is 6. The van der Waals surface area contributed by atoms with E-state index < -0.39 is 18.1 Å². The molecule has 1 aliphatic carbocycles. The van der Waals surface area contributed by atoms with Crippen LogP contribution in [0.1, 0.15) is 37.7 Å². The van der Waals surface area contributed by atoms with Crippen molar-refractivity contribution in [3.05, 3.63) is 41.6 Å². The minimum absolute atomic E-state index is 0.0522. The molecule has 1 aromatic carbocycles. The van der Waals surface area contributed by atoms with Crippen LogP contribution >= 0.6 is 0 Å². The first-order chi connectivity index (χ1) is 11.2. The molecule has 0 unspecified atom stereocenters. The maximum Gasteiger partial charge on any atom is 0.240 e. The van der Waals surface area contributed by atoms with Crippen molar-refractivity contribution in [2.75, 3.05) is 0 Å². The Balaban J connectivity index is 2.07. The largest absolute Gasteiger partial charge is 0.240 e. The lowest BCUT2D eigenvalue weighted by molar-refractivity contribution is 0.291. The third-order valence-corrected chi connectivity index (χ3v) is 7.35. The fourth-order valence-electron chi connectivity index (χ4n) is 3.23. The molecule has 1 aliphatic rings. The summed E-state index contributed by atoms with van der Waals surface area (Å²) in [6.45, 7) is 8.93. The smallest absolute Gasteiger partial charge is 0.208 e. The number of hydrogen-bond donors (Lipinski definition) is 1. The van der Waals surface area contributed by atoms with E-state index >= 15 is 0 Å². The number of nitrogens with one attached hydrogen (secondary N) is 1. The van der Waals surface area contributed by atoms with Gasteiger partial charge in [-0.15, -0.1) is 0 Å². The van der Waals surface area contributed by atoms with Crippen LogP contribution in [0.5, 0.6) is 0 Å². The highest BCUT2D eigenvalue weighted by molar-refractivity contribution is 7.89. The zero-order valence-electron chi connectivity index (χ0n) is 15.4. The molecule has 2 atom stereocenters. The third kappa shape index (κ3) is 5.87. The number of sulfonamides is 1. The normalized spacial score (nSPS) is 22.8. The first-order valence-corrected chi connectivity index (χ1v) is 14.0. The second kappa shape index (κ2) is 7.98. The summed E-state index contributed by atoms with van der Waals surface area (Å²) in [6, 6.07) is 7.14. The molecule has 1 fully saturated rings. The molecule has 1 aromatic rings. The SMILES string of the molecule is Cc1ccc(S(=O)(=O)N[C@@H]2CCCC[C@@H]2C/C=C/[Si](C)(C)C)cc1. The van der Waals surface area contributed by atoms with E-state index in [0.29, 0.717) is 10.8 Å². The van der Waals surface area contributed by atoms with E-state index in [1.54, 1.807) is 12.1 Å². The van der Waals surface area contributed by atoms with E-state index in [1.807, 2.05) is 19.1 Å². The molecule has 3 nitrogen and oxygen atoms in total. The lowest BCUT2D eigenvalue weighted by Gasteiger charge is -2.31. The first-order valence-electron chi connectivity index (χ1n) is 8.94. The van der Waals surface area contributed by atoms with E-state index in [-0.39, 0.29) is 6.04 Å². The van der Waals surface area contributed by atoms with Crippen molar-refractivity contribution in [1.82, 2.24) is 4.72 Å². The van der Waals surface area contributed by atoms with Crippen molar-refractivity contribution < 1.29 is 8.42 Å². The molecule has 0 bridgehead atoms. The fraction of sp³-hybridized carbons (Fsp3) is 0.579. The molecule has 0 saturated heterocycles. The van der Waals surface area contributed by atoms with Gasteiger partial charge in [-0.2, -0.15) is 0 Å². The summed E-state index contributed by atoms with van der Waals surface area (Å²) >= 11 is 0. The van der Waals surface area contributed by atoms with Crippen LogP contribution in [-0.4, -0.2) is 22.5 Å². The maximum absolute atomic E-state index is 12.7. The van der Waals surface area contributed by atoms with E-state index in [1.165, 1.54) is 6.42 Å². The molecule has 0 aromatic heterocycles. The van der Waals surface area contributed by atoms with Crippen LogP contribution < -0.4 is 4.72 Å². The maximum atomic E-state index is 12.7. The van der Waals surface area contributed by atoms with E-state index in [4.69, 9.17) is 0 Å². The summed E-state index contributed by atoms with van der Waals surface area (Å²) in [5.41, 5.74) is 3.44. The summed E-state index contributed by atoms with van der Waals surface area (Å²) in [6.07, 6.45) is 7.62. The molecule has 2 rings (SSSR count). The van der Waals surface area contributed by atoms with Gasteiger partial charge in [0.2, 0.25) is 10.0 Å². The second-order valence-corrected chi connectivity index (χ2v) is 14.9. The molecule has 0 amide bonds. The average Bonchev–Trinajstić information content (AvgIpc) is 2.48. The van der Waals surface area contributed by atoms with Crippen LogP contribution in [0.25, 0.3) is 0 Å². The Kier molecular flexibility index (Phi) is 6.45. The highest BCUT2D eigenvalue weighted by atomic mass is 32.2. The minimum Gasteiger partial charge on any atom is -0.208 e. The molecular weight excluding hydrogens is 334 g/mol. The molecule has 0 spiro atoms. The first kappa shape index (κ1) is 19.4. The van der Waals surface area contributed by atoms with Gasteiger partial charge < -0.3 is 0 Å². The monoisotopic (exact) mass is 365 g/mol. The standard InChI is InChI=1S/C19H31NO2SSi/c1-16-11-13-18(14-12-16)23(21,22)20-19-10-6-5-8-17(19)9-7-15-24(2,3)4/h7,11-15,17,19-20H,5-6,8-10H2,1-4H3/b15-7+/t17-,19-/m1/s1. The quantitative estimate of drug-likeness (QED) is 0.746. The van der Waals surface area contributed by atoms with Crippen LogP contribution in [0.4, 0.5) is 0 Å². The molecule has 0 heterocycles. The van der Waals surface area contributed by atoms with Crippen LogP contribution in [0.3, 0.4) is 0 Å². The average molecular weight is 366 g/mol. The van der Waals surface area contributed by atoms with Crippen molar-refractivity contribution in [3.63, 3.8) is 0 Å². The highest BCUT2D eigenvalue weighted by Gasteiger charge is 2.28. The van der Waals surface area contributed by atoms with Crippen LogP contribution in [0.15, 0.2) is 40.9 Å². The summed E-state index contributed by atoms with van der Waals surface area (Å²) < 4.78 is 28.3.